The van der Waals surface area contributed by atoms with Crippen LogP contribution in [-0.2, 0) is 38.4 Å². The number of carboxylic acid groups (broad SMARTS) is 2. The first-order valence-electron chi connectivity index (χ1n) is 13.8. The molecule has 6 amide bonds. The summed E-state index contributed by atoms with van der Waals surface area (Å²) in [4.78, 5) is 98.4. The Bertz CT molecular complexity index is 1100. The van der Waals surface area contributed by atoms with Crippen LogP contribution in [0.5, 0.6) is 0 Å². The van der Waals surface area contributed by atoms with Gasteiger partial charge in [0.05, 0.1) is 18.8 Å². The van der Waals surface area contributed by atoms with Crippen LogP contribution in [0.4, 0.5) is 0 Å². The van der Waals surface area contributed by atoms with Crippen LogP contribution in [0, 0.1) is 0 Å². The van der Waals surface area contributed by atoms with E-state index in [0.717, 1.165) is 11.8 Å². The number of rotatable bonds is 18. The largest absolute Gasteiger partial charge is 0.481 e. The highest BCUT2D eigenvalue weighted by atomic mass is 16.4. The lowest BCUT2D eigenvalue weighted by molar-refractivity contribution is -0.150. The minimum absolute atomic E-state index is 0.0668. The maximum atomic E-state index is 13.1. The predicted octanol–water partition coefficient (Wildman–Crippen LogP) is -5.15. The van der Waals surface area contributed by atoms with Gasteiger partial charge in [0, 0.05) is 19.4 Å². The van der Waals surface area contributed by atoms with E-state index in [1.807, 2.05) is 0 Å². The van der Waals surface area contributed by atoms with Crippen molar-refractivity contribution in [3.63, 3.8) is 0 Å². The summed E-state index contributed by atoms with van der Waals surface area (Å²) in [6.45, 7) is 1.66. The molecule has 248 valence electrons. The molecule has 1 rings (SSSR count). The second-order valence-corrected chi connectivity index (χ2v) is 10.4. The van der Waals surface area contributed by atoms with Crippen LogP contribution >= 0.6 is 0 Å². The number of aliphatic hydroxyl groups excluding tert-OH is 2. The number of aliphatic hydroxyl groups is 2. The Morgan fingerprint density at radius 2 is 1.43 bits per heavy atom. The fourth-order valence-electron chi connectivity index (χ4n) is 4.24. The highest BCUT2D eigenvalue weighted by Gasteiger charge is 2.39. The fourth-order valence-corrected chi connectivity index (χ4v) is 4.24. The molecule has 19 nitrogen and oxygen atoms in total. The molecule has 0 aliphatic carbocycles. The molecule has 0 unspecified atom stereocenters. The first kappa shape index (κ1) is 37.7. The Labute approximate surface area is 252 Å². The second kappa shape index (κ2) is 17.7. The number of nitrogens with two attached hydrogens (primary N) is 2. The number of carboxylic acids is 2. The molecule has 19 heteroatoms. The molecule has 0 aromatic carbocycles. The van der Waals surface area contributed by atoms with Gasteiger partial charge >= 0.3 is 11.9 Å². The third kappa shape index (κ3) is 12.1. The minimum atomic E-state index is -1.69. The van der Waals surface area contributed by atoms with Gasteiger partial charge in [-0.1, -0.05) is 0 Å². The van der Waals surface area contributed by atoms with Crippen molar-refractivity contribution in [2.75, 3.05) is 13.1 Å². The van der Waals surface area contributed by atoms with E-state index in [9.17, 15) is 53.7 Å². The number of nitrogens with zero attached hydrogens (tertiary/aromatic N) is 1. The van der Waals surface area contributed by atoms with Gasteiger partial charge < -0.3 is 58.1 Å². The Morgan fingerprint density at radius 3 is 1.95 bits per heavy atom. The Morgan fingerprint density at radius 1 is 0.841 bits per heavy atom. The van der Waals surface area contributed by atoms with E-state index in [2.05, 4.69) is 21.3 Å². The van der Waals surface area contributed by atoms with Crippen molar-refractivity contribution in [3.05, 3.63) is 0 Å². The molecule has 1 heterocycles. The molecule has 0 aromatic heterocycles. The standard InChI is InChI=1S/C25H41N7O12/c1-11(33)19(27)22(40)29-13(5-7-16(26)35)21(39)28-10-17(36)31-20(12(2)34)23(41)30-14(6-8-18(37)38)24(42)32-9-3-4-15(32)25(43)44/h11-15,19-20,33-34H,3-10,27H2,1-2H3,(H2,26,35)(H,28,39)(H,29,40)(H,30,41)(H,31,36)(H,37,38)(H,43,44)/t11-,12-,13+,14+,15+,19+,20+/m1/s1. The van der Waals surface area contributed by atoms with E-state index in [0.29, 0.717) is 6.42 Å². The van der Waals surface area contributed by atoms with Gasteiger partial charge in [-0.25, -0.2) is 4.79 Å². The van der Waals surface area contributed by atoms with Gasteiger partial charge in [0.15, 0.2) is 0 Å². The Balaban J connectivity index is 2.94. The normalized spacial score (nSPS) is 18.5. The molecule has 1 saturated heterocycles. The second-order valence-electron chi connectivity index (χ2n) is 10.4. The van der Waals surface area contributed by atoms with Crippen LogP contribution < -0.4 is 32.7 Å². The van der Waals surface area contributed by atoms with Crippen molar-refractivity contribution in [2.24, 2.45) is 11.5 Å². The predicted molar refractivity (Wildman–Crippen MR) is 148 cm³/mol. The number of primary amides is 1. The van der Waals surface area contributed by atoms with Crippen molar-refractivity contribution in [2.45, 2.75) is 94.8 Å². The van der Waals surface area contributed by atoms with Crippen molar-refractivity contribution in [1.29, 1.82) is 0 Å². The molecule has 7 atom stereocenters. The van der Waals surface area contributed by atoms with E-state index in [-0.39, 0.29) is 25.8 Å². The van der Waals surface area contributed by atoms with Crippen LogP contribution in [0.1, 0.15) is 52.4 Å². The topological polar surface area (TPSA) is 321 Å². The van der Waals surface area contributed by atoms with Gasteiger partial charge in [0.25, 0.3) is 0 Å². The summed E-state index contributed by atoms with van der Waals surface area (Å²) in [6.07, 6.45) is -3.84. The molecule has 0 saturated carbocycles. The van der Waals surface area contributed by atoms with Crippen LogP contribution in [0.2, 0.25) is 0 Å². The van der Waals surface area contributed by atoms with E-state index in [1.54, 1.807) is 0 Å². The Kier molecular flexibility index (Phi) is 15.1. The maximum Gasteiger partial charge on any atom is 0.326 e. The molecule has 1 aliphatic heterocycles. The quantitative estimate of drug-likeness (QED) is 0.0677. The molecule has 44 heavy (non-hydrogen) atoms. The average molecular weight is 632 g/mol. The summed E-state index contributed by atoms with van der Waals surface area (Å²) in [5, 5.41) is 47.0. The molecule has 1 fully saturated rings. The highest BCUT2D eigenvalue weighted by Crippen LogP contribution is 2.19. The average Bonchev–Trinajstić information content (AvgIpc) is 3.43. The van der Waals surface area contributed by atoms with E-state index < -0.39 is 109 Å². The van der Waals surface area contributed by atoms with Crippen molar-refractivity contribution < 1.29 is 58.8 Å². The number of carbonyl (C=O) groups excluding carboxylic acids is 6. The van der Waals surface area contributed by atoms with E-state index in [1.165, 1.54) is 6.92 Å². The summed E-state index contributed by atoms with van der Waals surface area (Å²) in [5.41, 5.74) is 10.7. The lowest BCUT2D eigenvalue weighted by Crippen LogP contribution is -2.59. The van der Waals surface area contributed by atoms with Gasteiger partial charge in [-0.15, -0.1) is 0 Å². The molecule has 0 radical (unpaired) electrons. The number of amides is 6. The van der Waals surface area contributed by atoms with Gasteiger partial charge in [-0.3, -0.25) is 33.6 Å². The number of hydrogen-bond acceptors (Lipinski definition) is 11. The van der Waals surface area contributed by atoms with Crippen LogP contribution in [0.25, 0.3) is 0 Å². The van der Waals surface area contributed by atoms with Gasteiger partial charge in [0.2, 0.25) is 35.4 Å². The van der Waals surface area contributed by atoms with Crippen molar-refractivity contribution in [1.82, 2.24) is 26.2 Å². The molecule has 1 aliphatic rings. The van der Waals surface area contributed by atoms with Crippen LogP contribution in [-0.4, -0.2) is 128 Å². The first-order valence-corrected chi connectivity index (χ1v) is 13.8. The molecule has 12 N–H and O–H groups in total. The van der Waals surface area contributed by atoms with E-state index in [4.69, 9.17) is 16.6 Å². The zero-order valence-corrected chi connectivity index (χ0v) is 24.4. The summed E-state index contributed by atoms with van der Waals surface area (Å²) < 4.78 is 0. The number of aliphatic carboxylic acids is 2. The molecule has 0 spiro atoms. The zero-order chi connectivity index (χ0) is 33.7. The molecule has 0 aromatic rings. The molecule has 0 bridgehead atoms. The van der Waals surface area contributed by atoms with Crippen molar-refractivity contribution in [3.8, 4) is 0 Å². The lowest BCUT2D eigenvalue weighted by atomic mass is 10.1. The fraction of sp³-hybridized carbons (Fsp3) is 0.680. The number of nitrogens with one attached hydrogen (secondary N) is 4. The van der Waals surface area contributed by atoms with Gasteiger partial charge in [0.1, 0.15) is 30.2 Å². The van der Waals surface area contributed by atoms with Gasteiger partial charge in [-0.05, 0) is 39.5 Å². The van der Waals surface area contributed by atoms with Crippen molar-refractivity contribution >= 4 is 47.4 Å². The number of carbonyl (C=O) groups is 8. The summed E-state index contributed by atoms with van der Waals surface area (Å²) >= 11 is 0. The number of hydrogen-bond donors (Lipinski definition) is 10. The highest BCUT2D eigenvalue weighted by molar-refractivity contribution is 5.96. The summed E-state index contributed by atoms with van der Waals surface area (Å²) in [7, 11) is 0. The number of likely N-dealkylation sites (tertiary alicyclic amines) is 1. The SMILES string of the molecule is C[C@@H](O)[C@H](N)C(=O)N[C@@H](CCC(N)=O)C(=O)NCC(=O)N[C@H](C(=O)N[C@@H](CCC(=O)O)C(=O)N1CCC[C@H]1C(=O)O)[C@@H](C)O. The molecular weight excluding hydrogens is 590 g/mol. The Hall–Kier alpha value is -4.36. The smallest absolute Gasteiger partial charge is 0.326 e. The maximum absolute atomic E-state index is 13.1. The lowest BCUT2D eigenvalue weighted by Gasteiger charge is -2.29. The summed E-state index contributed by atoms with van der Waals surface area (Å²) in [5.74, 6) is -8.14. The van der Waals surface area contributed by atoms with Gasteiger partial charge in [-0.2, -0.15) is 0 Å². The van der Waals surface area contributed by atoms with E-state index >= 15 is 0 Å². The van der Waals surface area contributed by atoms with Crippen LogP contribution in [0.15, 0.2) is 0 Å². The first-order chi connectivity index (χ1) is 20.5. The monoisotopic (exact) mass is 631 g/mol. The third-order valence-electron chi connectivity index (χ3n) is 6.72. The summed E-state index contributed by atoms with van der Waals surface area (Å²) in [6, 6.07) is -7.13. The van der Waals surface area contributed by atoms with Crippen LogP contribution in [0.3, 0.4) is 0 Å². The zero-order valence-electron chi connectivity index (χ0n) is 24.4. The minimum Gasteiger partial charge on any atom is -0.481 e. The molecular formula is C25H41N7O12. The third-order valence-corrected chi connectivity index (χ3v) is 6.72.